The van der Waals surface area contributed by atoms with Crippen LogP contribution in [0.3, 0.4) is 0 Å². The van der Waals surface area contributed by atoms with Crippen LogP contribution in [0.1, 0.15) is 11.8 Å². The van der Waals surface area contributed by atoms with E-state index in [0.29, 0.717) is 11.5 Å². The van der Waals surface area contributed by atoms with Crippen LogP contribution in [0.2, 0.25) is 0 Å². The monoisotopic (exact) mass is 325 g/mol. The minimum absolute atomic E-state index is 0.137. The molecule has 0 radical (unpaired) electrons. The Kier molecular flexibility index (Phi) is 3.09. The SMILES string of the molecule is O=C[C@H](C=NC12CN3CN(CN(C3)C1)C2)c1nc2ccccc2o1. The molecule has 24 heavy (non-hydrogen) atoms. The molecule has 0 amide bonds. The van der Waals surface area contributed by atoms with Crippen molar-refractivity contribution in [2.45, 2.75) is 11.5 Å². The number of aldehydes is 1. The van der Waals surface area contributed by atoms with E-state index in [4.69, 9.17) is 9.41 Å². The number of para-hydroxylation sites is 2. The van der Waals surface area contributed by atoms with E-state index in [2.05, 4.69) is 19.7 Å². The van der Waals surface area contributed by atoms with Crippen molar-refractivity contribution in [2.75, 3.05) is 39.6 Å². The summed E-state index contributed by atoms with van der Waals surface area (Å²) in [5.74, 6) is -0.119. The van der Waals surface area contributed by atoms with Crippen LogP contribution in [0.15, 0.2) is 33.7 Å². The number of oxazole rings is 1. The maximum atomic E-state index is 11.6. The molecule has 4 saturated heterocycles. The zero-order valence-electron chi connectivity index (χ0n) is 13.3. The van der Waals surface area contributed by atoms with E-state index in [1.165, 1.54) is 0 Å². The van der Waals surface area contributed by atoms with E-state index in [1.54, 1.807) is 6.21 Å². The molecular weight excluding hydrogens is 306 g/mol. The lowest BCUT2D eigenvalue weighted by Crippen LogP contribution is -2.75. The van der Waals surface area contributed by atoms with E-state index >= 15 is 0 Å². The predicted molar refractivity (Wildman–Crippen MR) is 88.8 cm³/mol. The molecule has 4 aliphatic heterocycles. The summed E-state index contributed by atoms with van der Waals surface area (Å²) in [6, 6.07) is 7.55. The van der Waals surface area contributed by atoms with Gasteiger partial charge in [-0.3, -0.25) is 19.7 Å². The Morgan fingerprint density at radius 3 is 2.42 bits per heavy atom. The number of carbonyl (C=O) groups is 1. The highest BCUT2D eigenvalue weighted by molar-refractivity contribution is 5.87. The Bertz CT molecular complexity index is 746. The molecule has 0 aliphatic carbocycles. The lowest BCUT2D eigenvalue weighted by Gasteiger charge is -2.59. The third kappa shape index (κ3) is 2.28. The van der Waals surface area contributed by atoms with E-state index < -0.39 is 5.92 Å². The van der Waals surface area contributed by atoms with Crippen LogP contribution in [-0.4, -0.2) is 77.4 Å². The minimum atomic E-state index is -0.537. The molecule has 4 bridgehead atoms. The van der Waals surface area contributed by atoms with Gasteiger partial charge < -0.3 is 9.21 Å². The van der Waals surface area contributed by atoms with Crippen molar-refractivity contribution in [1.29, 1.82) is 0 Å². The molecule has 4 aliphatic rings. The Morgan fingerprint density at radius 1 is 1.12 bits per heavy atom. The first kappa shape index (κ1) is 14.3. The first-order chi connectivity index (χ1) is 11.7. The van der Waals surface area contributed by atoms with Crippen LogP contribution in [0, 0.1) is 0 Å². The molecule has 0 spiro atoms. The van der Waals surface area contributed by atoms with Gasteiger partial charge in [0.2, 0.25) is 5.89 Å². The van der Waals surface area contributed by atoms with Crippen LogP contribution in [0.4, 0.5) is 0 Å². The molecule has 5 heterocycles. The van der Waals surface area contributed by atoms with Gasteiger partial charge in [-0.15, -0.1) is 0 Å². The summed E-state index contributed by atoms with van der Waals surface area (Å²) in [5, 5.41) is 0. The standard InChI is InChI=1S/C17H19N5O2/c23-6-13(16-19-14-3-1-2-4-15(14)24-16)5-18-17-7-20-10-21(8-17)12-22(9-17)11-20/h1-6,13H,7-12H2/t13-/m0/s1. The Labute approximate surface area is 139 Å². The minimum Gasteiger partial charge on any atom is -0.440 e. The van der Waals surface area contributed by atoms with Crippen LogP contribution in [0.25, 0.3) is 11.1 Å². The highest BCUT2D eigenvalue weighted by Gasteiger charge is 2.48. The van der Waals surface area contributed by atoms with Crippen molar-refractivity contribution >= 4 is 23.6 Å². The van der Waals surface area contributed by atoms with Crippen LogP contribution in [0.5, 0.6) is 0 Å². The second kappa shape index (κ2) is 5.20. The molecule has 6 rings (SSSR count). The summed E-state index contributed by atoms with van der Waals surface area (Å²) < 4.78 is 5.73. The maximum absolute atomic E-state index is 11.6. The molecule has 0 unspecified atom stereocenters. The Hall–Kier alpha value is -2.09. The highest BCUT2D eigenvalue weighted by Crippen LogP contribution is 2.32. The van der Waals surface area contributed by atoms with Crippen LogP contribution < -0.4 is 0 Å². The number of hydrogen-bond donors (Lipinski definition) is 0. The molecular formula is C17H19N5O2. The van der Waals surface area contributed by atoms with Gasteiger partial charge in [0.05, 0.1) is 25.5 Å². The molecule has 1 atom stereocenters. The van der Waals surface area contributed by atoms with Crippen LogP contribution >= 0.6 is 0 Å². The largest absolute Gasteiger partial charge is 0.440 e. The van der Waals surface area contributed by atoms with Gasteiger partial charge in [0.1, 0.15) is 17.7 Å². The molecule has 0 N–H and O–H groups in total. The summed E-state index contributed by atoms with van der Waals surface area (Å²) in [6.07, 6.45) is 2.59. The number of aromatic nitrogens is 1. The number of rotatable bonds is 4. The summed E-state index contributed by atoms with van der Waals surface area (Å²) in [6.45, 7) is 5.93. The van der Waals surface area contributed by atoms with Crippen molar-refractivity contribution in [3.05, 3.63) is 30.2 Å². The van der Waals surface area contributed by atoms with Gasteiger partial charge in [-0.2, -0.15) is 0 Å². The fraction of sp³-hybridized carbons (Fsp3) is 0.471. The van der Waals surface area contributed by atoms with Crippen LogP contribution in [-0.2, 0) is 4.79 Å². The zero-order valence-corrected chi connectivity index (χ0v) is 13.3. The molecule has 1 aromatic carbocycles. The second-order valence-corrected chi connectivity index (χ2v) is 7.10. The van der Waals surface area contributed by atoms with Gasteiger partial charge in [0.15, 0.2) is 5.58 Å². The van der Waals surface area contributed by atoms with Gasteiger partial charge >= 0.3 is 0 Å². The first-order valence-electron chi connectivity index (χ1n) is 8.26. The smallest absolute Gasteiger partial charge is 0.211 e. The molecule has 7 heteroatoms. The molecule has 0 saturated carbocycles. The quantitative estimate of drug-likeness (QED) is 0.610. The van der Waals surface area contributed by atoms with Gasteiger partial charge in [-0.25, -0.2) is 4.98 Å². The predicted octanol–water partition coefficient (Wildman–Crippen LogP) is 0.739. The summed E-state index contributed by atoms with van der Waals surface area (Å²) in [4.78, 5) is 28.1. The Morgan fingerprint density at radius 2 is 1.79 bits per heavy atom. The van der Waals surface area contributed by atoms with Gasteiger partial charge in [-0.05, 0) is 12.1 Å². The molecule has 124 valence electrons. The van der Waals surface area contributed by atoms with Gasteiger partial charge in [-0.1, -0.05) is 12.1 Å². The fourth-order valence-electron chi connectivity index (χ4n) is 4.23. The summed E-state index contributed by atoms with van der Waals surface area (Å²) in [7, 11) is 0. The molecule has 1 aromatic heterocycles. The normalized spacial score (nSPS) is 35.8. The zero-order chi connectivity index (χ0) is 16.1. The highest BCUT2D eigenvalue weighted by atomic mass is 16.3. The first-order valence-corrected chi connectivity index (χ1v) is 8.26. The van der Waals surface area contributed by atoms with Crippen molar-refractivity contribution in [1.82, 2.24) is 19.7 Å². The summed E-state index contributed by atoms with van der Waals surface area (Å²) in [5.41, 5.74) is 1.33. The van der Waals surface area contributed by atoms with Crippen molar-refractivity contribution in [2.24, 2.45) is 4.99 Å². The van der Waals surface area contributed by atoms with Gasteiger partial charge in [0.25, 0.3) is 0 Å². The second-order valence-electron chi connectivity index (χ2n) is 7.10. The number of fused-ring (bicyclic) bond motifs is 1. The van der Waals surface area contributed by atoms with Crippen molar-refractivity contribution in [3.8, 4) is 0 Å². The lowest BCUT2D eigenvalue weighted by atomic mass is 9.91. The third-order valence-electron chi connectivity index (χ3n) is 5.00. The average Bonchev–Trinajstić information content (AvgIpc) is 2.98. The summed E-state index contributed by atoms with van der Waals surface area (Å²) >= 11 is 0. The third-order valence-corrected chi connectivity index (χ3v) is 5.00. The van der Waals surface area contributed by atoms with Gasteiger partial charge in [0, 0.05) is 25.8 Å². The number of hydrogen-bond acceptors (Lipinski definition) is 7. The number of benzene rings is 1. The van der Waals surface area contributed by atoms with Crippen molar-refractivity contribution in [3.63, 3.8) is 0 Å². The number of nitrogens with zero attached hydrogens (tertiary/aromatic N) is 5. The van der Waals surface area contributed by atoms with E-state index in [9.17, 15) is 4.79 Å². The lowest BCUT2D eigenvalue weighted by molar-refractivity contribution is -0.139. The number of carbonyl (C=O) groups excluding carboxylic acids is 1. The average molecular weight is 325 g/mol. The van der Waals surface area contributed by atoms with E-state index in [-0.39, 0.29) is 5.54 Å². The maximum Gasteiger partial charge on any atom is 0.211 e. The van der Waals surface area contributed by atoms with E-state index in [0.717, 1.165) is 51.4 Å². The Balaban J connectivity index is 1.42. The molecule has 4 fully saturated rings. The number of aliphatic imine (C=N–C) groups is 1. The molecule has 2 aromatic rings. The van der Waals surface area contributed by atoms with E-state index in [1.807, 2.05) is 24.3 Å². The fourth-order valence-corrected chi connectivity index (χ4v) is 4.23. The van der Waals surface area contributed by atoms with Crippen molar-refractivity contribution < 1.29 is 9.21 Å². The topological polar surface area (TPSA) is 65.2 Å². The molecule has 7 nitrogen and oxygen atoms in total.